The van der Waals surface area contributed by atoms with Crippen molar-refractivity contribution < 1.29 is 9.90 Å². The van der Waals surface area contributed by atoms with E-state index in [2.05, 4.69) is 12.8 Å². The lowest BCUT2D eigenvalue weighted by Crippen LogP contribution is -1.49. The molecule has 0 atom stereocenters. The summed E-state index contributed by atoms with van der Waals surface area (Å²) in [6, 6.07) is 0. The lowest BCUT2D eigenvalue weighted by Gasteiger charge is -1.67. The van der Waals surface area contributed by atoms with Crippen molar-refractivity contribution >= 4 is 6.47 Å². The number of rotatable bonds is 0. The third kappa shape index (κ3) is 15.7. The SMILES string of the molecule is C#C.C1CCCC1.O=CO. The first kappa shape index (κ1) is 11.8. The molecule has 1 fully saturated rings. The summed E-state index contributed by atoms with van der Waals surface area (Å²) in [5.41, 5.74) is 0. The van der Waals surface area contributed by atoms with E-state index in [1.807, 2.05) is 0 Å². The van der Waals surface area contributed by atoms with E-state index in [1.54, 1.807) is 0 Å². The number of carbonyl (C=O) groups is 1. The zero-order valence-corrected chi connectivity index (χ0v) is 6.12. The van der Waals surface area contributed by atoms with Crippen molar-refractivity contribution in [3.8, 4) is 12.8 Å². The van der Waals surface area contributed by atoms with Crippen LogP contribution in [-0.4, -0.2) is 11.6 Å². The minimum Gasteiger partial charge on any atom is -0.483 e. The van der Waals surface area contributed by atoms with Gasteiger partial charge >= 0.3 is 0 Å². The lowest BCUT2D eigenvalue weighted by molar-refractivity contribution is -0.122. The zero-order valence-electron chi connectivity index (χ0n) is 6.12. The molecule has 2 nitrogen and oxygen atoms in total. The maximum Gasteiger partial charge on any atom is 0.290 e. The summed E-state index contributed by atoms with van der Waals surface area (Å²) in [6.07, 6.45) is 15.5. The van der Waals surface area contributed by atoms with Gasteiger partial charge in [-0.15, -0.1) is 12.8 Å². The Bertz CT molecular complexity index is 65.0. The Kier molecular flexibility index (Phi) is 18.5. The van der Waals surface area contributed by atoms with Crippen LogP contribution in [0.1, 0.15) is 32.1 Å². The van der Waals surface area contributed by atoms with Gasteiger partial charge in [-0.2, -0.15) is 0 Å². The van der Waals surface area contributed by atoms with Crippen LogP contribution in [0.25, 0.3) is 0 Å². The number of terminal acetylenes is 1. The fourth-order valence-electron chi connectivity index (χ4n) is 0.884. The normalized spacial score (nSPS) is 13.4. The average molecular weight is 142 g/mol. The zero-order chi connectivity index (χ0) is 8.24. The lowest BCUT2D eigenvalue weighted by atomic mass is 10.4. The number of hydrogen-bond acceptors (Lipinski definition) is 1. The predicted octanol–water partition coefficient (Wildman–Crippen LogP) is 1.90. The highest BCUT2D eigenvalue weighted by molar-refractivity contribution is 5.32. The molecule has 0 aromatic heterocycles. The molecular formula is C8H14O2. The van der Waals surface area contributed by atoms with Crippen molar-refractivity contribution in [2.45, 2.75) is 32.1 Å². The molecule has 0 bridgehead atoms. The van der Waals surface area contributed by atoms with Crippen molar-refractivity contribution in [1.29, 1.82) is 0 Å². The first-order valence-corrected chi connectivity index (χ1v) is 3.33. The molecule has 0 heterocycles. The van der Waals surface area contributed by atoms with Gasteiger partial charge in [-0.3, -0.25) is 4.79 Å². The van der Waals surface area contributed by atoms with Crippen molar-refractivity contribution in [2.75, 3.05) is 0 Å². The van der Waals surface area contributed by atoms with Crippen molar-refractivity contribution in [2.24, 2.45) is 0 Å². The van der Waals surface area contributed by atoms with Gasteiger partial charge in [0.05, 0.1) is 0 Å². The van der Waals surface area contributed by atoms with Crippen LogP contribution in [0.3, 0.4) is 0 Å². The Balaban J connectivity index is 0. The Morgan fingerprint density at radius 2 is 1.10 bits per heavy atom. The molecule has 1 rings (SSSR count). The molecule has 1 aliphatic carbocycles. The Morgan fingerprint density at radius 3 is 1.20 bits per heavy atom. The van der Waals surface area contributed by atoms with Gasteiger partial charge in [0.2, 0.25) is 0 Å². The van der Waals surface area contributed by atoms with Gasteiger partial charge in [-0.1, -0.05) is 32.1 Å². The Morgan fingerprint density at radius 1 is 1.00 bits per heavy atom. The van der Waals surface area contributed by atoms with Crippen LogP contribution in [0.15, 0.2) is 0 Å². The molecule has 1 N–H and O–H groups in total. The van der Waals surface area contributed by atoms with Crippen molar-refractivity contribution in [3.05, 3.63) is 0 Å². The first-order valence-electron chi connectivity index (χ1n) is 3.33. The standard InChI is InChI=1S/C5H10.C2H2.CH2O2/c1-2-4-5-3-1;1-2;2-1-3/h1-5H2;1-2H;1H,(H,2,3). The second-order valence-corrected chi connectivity index (χ2v) is 1.87. The fourth-order valence-corrected chi connectivity index (χ4v) is 0.884. The van der Waals surface area contributed by atoms with Crippen molar-refractivity contribution in [3.63, 3.8) is 0 Å². The second-order valence-electron chi connectivity index (χ2n) is 1.87. The summed E-state index contributed by atoms with van der Waals surface area (Å²) in [5, 5.41) is 6.89. The van der Waals surface area contributed by atoms with Gasteiger partial charge in [0.15, 0.2) is 0 Å². The van der Waals surface area contributed by atoms with Crippen LogP contribution in [0.4, 0.5) is 0 Å². The summed E-state index contributed by atoms with van der Waals surface area (Å²) in [6.45, 7) is -0.250. The maximum atomic E-state index is 8.36. The highest BCUT2D eigenvalue weighted by Crippen LogP contribution is 2.15. The topological polar surface area (TPSA) is 37.3 Å². The average Bonchev–Trinajstić information content (AvgIpc) is 2.48. The maximum absolute atomic E-state index is 8.36. The predicted molar refractivity (Wildman–Crippen MR) is 41.7 cm³/mol. The minimum absolute atomic E-state index is 0.250. The first-order chi connectivity index (χ1) is 4.91. The van der Waals surface area contributed by atoms with Gasteiger partial charge in [0.25, 0.3) is 6.47 Å². The minimum atomic E-state index is -0.250. The highest BCUT2D eigenvalue weighted by atomic mass is 16.3. The van der Waals surface area contributed by atoms with E-state index in [0.717, 1.165) is 0 Å². The van der Waals surface area contributed by atoms with E-state index >= 15 is 0 Å². The molecular weight excluding hydrogens is 128 g/mol. The highest BCUT2D eigenvalue weighted by Gasteiger charge is 1.95. The van der Waals surface area contributed by atoms with Crippen LogP contribution < -0.4 is 0 Å². The quantitative estimate of drug-likeness (QED) is 0.414. The molecule has 1 aliphatic rings. The Hall–Kier alpha value is -0.970. The van der Waals surface area contributed by atoms with Crippen LogP contribution in [0.5, 0.6) is 0 Å². The second kappa shape index (κ2) is 15.7. The molecule has 0 aromatic carbocycles. The summed E-state index contributed by atoms with van der Waals surface area (Å²) in [7, 11) is 0. The fraction of sp³-hybridized carbons (Fsp3) is 0.625. The number of hydrogen-bond donors (Lipinski definition) is 1. The third-order valence-corrected chi connectivity index (χ3v) is 1.25. The van der Waals surface area contributed by atoms with Gasteiger partial charge in [-0.05, 0) is 0 Å². The molecule has 0 aliphatic heterocycles. The van der Waals surface area contributed by atoms with Crippen molar-refractivity contribution in [1.82, 2.24) is 0 Å². The smallest absolute Gasteiger partial charge is 0.290 e. The van der Waals surface area contributed by atoms with Gasteiger partial charge in [0, 0.05) is 0 Å². The molecule has 0 radical (unpaired) electrons. The third-order valence-electron chi connectivity index (χ3n) is 1.25. The summed E-state index contributed by atoms with van der Waals surface area (Å²) >= 11 is 0. The van der Waals surface area contributed by atoms with Gasteiger partial charge < -0.3 is 5.11 Å². The van der Waals surface area contributed by atoms with Crippen LogP contribution >= 0.6 is 0 Å². The molecule has 10 heavy (non-hydrogen) atoms. The molecule has 0 saturated heterocycles. The molecule has 0 spiro atoms. The molecule has 0 unspecified atom stereocenters. The molecule has 0 amide bonds. The number of carboxylic acid groups (broad SMARTS) is 1. The summed E-state index contributed by atoms with van der Waals surface area (Å²) in [4.78, 5) is 8.36. The molecule has 2 heteroatoms. The van der Waals surface area contributed by atoms with E-state index in [1.165, 1.54) is 32.1 Å². The van der Waals surface area contributed by atoms with Crippen LogP contribution in [0.2, 0.25) is 0 Å². The van der Waals surface area contributed by atoms with E-state index in [4.69, 9.17) is 9.90 Å². The van der Waals surface area contributed by atoms with Gasteiger partial charge in [0.1, 0.15) is 0 Å². The van der Waals surface area contributed by atoms with Crippen LogP contribution in [0, 0.1) is 12.8 Å². The Labute approximate surface area is 62.3 Å². The monoisotopic (exact) mass is 142 g/mol. The largest absolute Gasteiger partial charge is 0.483 e. The van der Waals surface area contributed by atoms with Crippen LogP contribution in [-0.2, 0) is 4.79 Å². The van der Waals surface area contributed by atoms with E-state index in [0.29, 0.717) is 0 Å². The van der Waals surface area contributed by atoms with E-state index < -0.39 is 0 Å². The van der Waals surface area contributed by atoms with E-state index in [9.17, 15) is 0 Å². The molecule has 0 aromatic rings. The van der Waals surface area contributed by atoms with Gasteiger partial charge in [-0.25, -0.2) is 0 Å². The summed E-state index contributed by atoms with van der Waals surface area (Å²) < 4.78 is 0. The summed E-state index contributed by atoms with van der Waals surface area (Å²) in [5.74, 6) is 0. The molecule has 58 valence electrons. The molecule has 1 saturated carbocycles. The van der Waals surface area contributed by atoms with E-state index in [-0.39, 0.29) is 6.47 Å².